The zero-order chi connectivity index (χ0) is 15.6. The lowest BCUT2D eigenvalue weighted by atomic mass is 10.1. The maximum absolute atomic E-state index is 13.9. The molecular weight excluding hydrogens is 297 g/mol. The zero-order valence-corrected chi connectivity index (χ0v) is 12.2. The summed E-state index contributed by atoms with van der Waals surface area (Å²) >= 11 is 0. The molecule has 0 bridgehead atoms. The first-order chi connectivity index (χ1) is 9.78. The summed E-state index contributed by atoms with van der Waals surface area (Å²) < 4.78 is 42.1. The molecule has 0 spiro atoms. The number of hydrogen-bond acceptors (Lipinski definition) is 4. The fraction of sp³-hybridized carbons (Fsp3) is 0.357. The Kier molecular flexibility index (Phi) is 4.32. The van der Waals surface area contributed by atoms with Crippen LogP contribution in [0.25, 0.3) is 5.57 Å². The maximum Gasteiger partial charge on any atom is 0.248 e. The van der Waals surface area contributed by atoms with E-state index in [-0.39, 0.29) is 28.9 Å². The summed E-state index contributed by atoms with van der Waals surface area (Å²) in [7, 11) is -2.98. The van der Waals surface area contributed by atoms with Gasteiger partial charge in [0.25, 0.3) is 0 Å². The van der Waals surface area contributed by atoms with Gasteiger partial charge in [-0.05, 0) is 30.5 Å². The average Bonchev–Trinajstić information content (AvgIpc) is 2.42. The first-order valence-corrected chi connectivity index (χ1v) is 8.26. The van der Waals surface area contributed by atoms with E-state index in [1.165, 1.54) is 12.1 Å². The summed E-state index contributed by atoms with van der Waals surface area (Å²) in [5, 5.41) is 0. The summed E-state index contributed by atoms with van der Waals surface area (Å²) in [6.45, 7) is 3.48. The van der Waals surface area contributed by atoms with Crippen molar-refractivity contribution >= 4 is 21.3 Å². The molecule has 0 unspecified atom stereocenters. The van der Waals surface area contributed by atoms with Crippen LogP contribution in [0.2, 0.25) is 0 Å². The Labute approximate surface area is 122 Å². The van der Waals surface area contributed by atoms with Gasteiger partial charge in [-0.15, -0.1) is 0 Å². The second kappa shape index (κ2) is 5.85. The highest BCUT2D eigenvalue weighted by atomic mass is 32.2. The van der Waals surface area contributed by atoms with Gasteiger partial charge in [-0.2, -0.15) is 0 Å². The molecule has 1 aliphatic heterocycles. The molecule has 0 aromatic heterocycles. The second-order valence-corrected chi connectivity index (χ2v) is 7.26. The van der Waals surface area contributed by atoms with Crippen LogP contribution in [0.4, 0.5) is 4.39 Å². The fourth-order valence-corrected chi connectivity index (χ4v) is 3.54. The minimum atomic E-state index is -2.98. The van der Waals surface area contributed by atoms with E-state index < -0.39 is 21.6 Å². The molecule has 1 amide bonds. The van der Waals surface area contributed by atoms with Crippen LogP contribution in [-0.2, 0) is 14.6 Å². The molecule has 1 aromatic rings. The number of rotatable bonds is 4. The predicted octanol–water partition coefficient (Wildman–Crippen LogP) is 1.28. The highest BCUT2D eigenvalue weighted by Crippen LogP contribution is 2.25. The third kappa shape index (κ3) is 3.81. The number of halogens is 1. The number of nitrogens with two attached hydrogens (primary N) is 1. The van der Waals surface area contributed by atoms with Gasteiger partial charge < -0.3 is 10.5 Å². The number of sulfone groups is 1. The lowest BCUT2D eigenvalue weighted by molar-refractivity contribution is -0.112. The van der Waals surface area contributed by atoms with Gasteiger partial charge in [-0.1, -0.05) is 12.6 Å². The summed E-state index contributed by atoms with van der Waals surface area (Å²) in [6.07, 6.45) is 0.364. The molecule has 0 saturated carbocycles. The van der Waals surface area contributed by atoms with Gasteiger partial charge >= 0.3 is 0 Å². The average molecular weight is 313 g/mol. The van der Waals surface area contributed by atoms with E-state index in [1.807, 2.05) is 0 Å². The Morgan fingerprint density at radius 1 is 1.33 bits per heavy atom. The van der Waals surface area contributed by atoms with E-state index in [9.17, 15) is 17.6 Å². The normalized spacial score (nSPS) is 18.1. The zero-order valence-electron chi connectivity index (χ0n) is 11.3. The lowest BCUT2D eigenvalue weighted by Gasteiger charge is -2.23. The van der Waals surface area contributed by atoms with E-state index in [0.717, 1.165) is 6.07 Å². The molecule has 21 heavy (non-hydrogen) atoms. The van der Waals surface area contributed by atoms with Crippen LogP contribution in [0.3, 0.4) is 0 Å². The summed E-state index contributed by atoms with van der Waals surface area (Å²) in [6, 6.07) is 4.01. The molecular formula is C14H16FNO4S. The number of amides is 1. The molecule has 1 aromatic carbocycles. The maximum atomic E-state index is 13.9. The largest absolute Gasteiger partial charge is 0.487 e. The van der Waals surface area contributed by atoms with Crippen molar-refractivity contribution in [1.82, 2.24) is 0 Å². The number of ether oxygens (including phenoxy) is 1. The Morgan fingerprint density at radius 3 is 2.48 bits per heavy atom. The third-order valence-electron chi connectivity index (χ3n) is 3.37. The predicted molar refractivity (Wildman–Crippen MR) is 76.9 cm³/mol. The van der Waals surface area contributed by atoms with Crippen LogP contribution in [0.1, 0.15) is 18.4 Å². The third-order valence-corrected chi connectivity index (χ3v) is 5.09. The Balaban J connectivity index is 2.08. The van der Waals surface area contributed by atoms with Gasteiger partial charge in [-0.3, -0.25) is 4.79 Å². The molecule has 1 aliphatic rings. The fourth-order valence-electron chi connectivity index (χ4n) is 2.09. The molecule has 1 fully saturated rings. The van der Waals surface area contributed by atoms with Crippen molar-refractivity contribution in [2.24, 2.45) is 5.73 Å². The second-order valence-electron chi connectivity index (χ2n) is 4.96. The van der Waals surface area contributed by atoms with Gasteiger partial charge in [-0.25, -0.2) is 12.8 Å². The quantitative estimate of drug-likeness (QED) is 0.848. The van der Waals surface area contributed by atoms with E-state index in [2.05, 4.69) is 6.58 Å². The number of benzene rings is 1. The highest BCUT2D eigenvalue weighted by molar-refractivity contribution is 7.91. The molecule has 0 aliphatic carbocycles. The van der Waals surface area contributed by atoms with Crippen molar-refractivity contribution in [3.8, 4) is 5.75 Å². The number of primary amides is 1. The molecule has 0 atom stereocenters. The van der Waals surface area contributed by atoms with Crippen LogP contribution in [0.5, 0.6) is 5.75 Å². The highest BCUT2D eigenvalue weighted by Gasteiger charge is 2.25. The van der Waals surface area contributed by atoms with E-state index in [4.69, 9.17) is 10.5 Å². The Morgan fingerprint density at radius 2 is 1.95 bits per heavy atom. The van der Waals surface area contributed by atoms with E-state index in [0.29, 0.717) is 18.4 Å². The van der Waals surface area contributed by atoms with Gasteiger partial charge in [0.05, 0.1) is 11.5 Å². The van der Waals surface area contributed by atoms with Crippen molar-refractivity contribution in [1.29, 1.82) is 0 Å². The first-order valence-electron chi connectivity index (χ1n) is 6.44. The summed E-state index contributed by atoms with van der Waals surface area (Å²) in [5.74, 6) is -1.23. The van der Waals surface area contributed by atoms with Crippen LogP contribution < -0.4 is 10.5 Å². The van der Waals surface area contributed by atoms with Gasteiger partial charge in [0.15, 0.2) is 21.4 Å². The molecule has 2 rings (SSSR count). The molecule has 0 radical (unpaired) electrons. The first kappa shape index (κ1) is 15.5. The Hall–Kier alpha value is -1.89. The van der Waals surface area contributed by atoms with E-state index in [1.54, 1.807) is 0 Å². The van der Waals surface area contributed by atoms with Crippen LogP contribution in [-0.4, -0.2) is 31.9 Å². The van der Waals surface area contributed by atoms with Crippen molar-refractivity contribution in [2.75, 3.05) is 11.5 Å². The summed E-state index contributed by atoms with van der Waals surface area (Å²) in [5.41, 5.74) is 5.39. The number of hydrogen-bond donors (Lipinski definition) is 1. The molecule has 7 heteroatoms. The number of carbonyl (C=O) groups excluding carboxylic acids is 1. The lowest BCUT2D eigenvalue weighted by Crippen LogP contribution is -2.30. The monoisotopic (exact) mass is 313 g/mol. The topological polar surface area (TPSA) is 86.5 Å². The van der Waals surface area contributed by atoms with Gasteiger partial charge in [0.1, 0.15) is 6.10 Å². The van der Waals surface area contributed by atoms with Crippen molar-refractivity contribution in [3.63, 3.8) is 0 Å². The minimum absolute atomic E-state index is 0.0178. The van der Waals surface area contributed by atoms with Crippen LogP contribution >= 0.6 is 0 Å². The molecule has 5 nitrogen and oxygen atoms in total. The number of carbonyl (C=O) groups is 1. The van der Waals surface area contributed by atoms with Crippen LogP contribution in [0, 0.1) is 5.82 Å². The molecule has 114 valence electrons. The van der Waals surface area contributed by atoms with Crippen molar-refractivity contribution in [2.45, 2.75) is 18.9 Å². The van der Waals surface area contributed by atoms with E-state index >= 15 is 0 Å². The van der Waals surface area contributed by atoms with Crippen LogP contribution in [0.15, 0.2) is 24.8 Å². The SMILES string of the molecule is C=C(C(N)=O)c1ccc(OC2CCS(=O)(=O)CC2)c(F)c1. The molecule has 2 N–H and O–H groups in total. The van der Waals surface area contributed by atoms with Crippen molar-refractivity contribution < 1.29 is 22.3 Å². The van der Waals surface area contributed by atoms with Crippen molar-refractivity contribution in [3.05, 3.63) is 36.2 Å². The molecule has 1 saturated heterocycles. The van der Waals surface area contributed by atoms with Gasteiger partial charge in [0, 0.05) is 5.57 Å². The standard InChI is InChI=1S/C14H16FNO4S/c1-9(14(16)17)10-2-3-13(12(15)8-10)20-11-4-6-21(18,19)7-5-11/h2-3,8,11H,1,4-7H2,(H2,16,17). The smallest absolute Gasteiger partial charge is 0.248 e. The molecule has 1 heterocycles. The summed E-state index contributed by atoms with van der Waals surface area (Å²) in [4.78, 5) is 11.0. The van der Waals surface area contributed by atoms with Gasteiger partial charge in [0.2, 0.25) is 5.91 Å². The Bertz CT molecular complexity index is 670. The minimum Gasteiger partial charge on any atom is -0.487 e.